The van der Waals surface area contributed by atoms with Crippen LogP contribution in [0.2, 0.25) is 0 Å². The van der Waals surface area contributed by atoms with Gasteiger partial charge in [0.2, 0.25) is 0 Å². The first-order chi connectivity index (χ1) is 11.2. The van der Waals surface area contributed by atoms with Crippen LogP contribution >= 0.6 is 0 Å². The van der Waals surface area contributed by atoms with Gasteiger partial charge in [0.05, 0.1) is 0 Å². The Bertz CT molecular complexity index is 903. The fraction of sp³-hybridized carbons (Fsp3) is 0.158. The van der Waals surface area contributed by atoms with Crippen molar-refractivity contribution in [3.8, 4) is 0 Å². The van der Waals surface area contributed by atoms with Crippen molar-refractivity contribution in [3.05, 3.63) is 48.5 Å². The van der Waals surface area contributed by atoms with Gasteiger partial charge in [0.15, 0.2) is 0 Å². The van der Waals surface area contributed by atoms with Gasteiger partial charge in [-0.15, -0.1) is 0 Å². The second-order valence-corrected chi connectivity index (χ2v) is 8.17. The summed E-state index contributed by atoms with van der Waals surface area (Å²) >= 11 is 0.303. The average molecular weight is 368 g/mol. The Labute approximate surface area is 142 Å². The Balaban J connectivity index is 1.89. The molecule has 3 aromatic rings. The number of hydrogen-bond acceptors (Lipinski definition) is 3. The van der Waals surface area contributed by atoms with Crippen molar-refractivity contribution in [2.75, 3.05) is 36.7 Å². The van der Waals surface area contributed by atoms with Crippen molar-refractivity contribution in [3.63, 3.8) is 0 Å². The number of nitrogens with one attached hydrogen (secondary N) is 2. The Morgan fingerprint density at radius 3 is 2.48 bits per heavy atom. The van der Waals surface area contributed by atoms with E-state index in [1.54, 1.807) is 0 Å². The van der Waals surface area contributed by atoms with Gasteiger partial charge in [-0.25, -0.2) is 0 Å². The summed E-state index contributed by atoms with van der Waals surface area (Å²) in [5, 5.41) is 9.58. The van der Waals surface area contributed by atoms with Crippen molar-refractivity contribution in [1.82, 2.24) is 0 Å². The van der Waals surface area contributed by atoms with E-state index in [-0.39, 0.29) is 0 Å². The molecule has 0 bridgehead atoms. The number of fused-ring (bicyclic) bond motifs is 4. The van der Waals surface area contributed by atoms with Crippen LogP contribution < -0.4 is 24.5 Å². The number of anilines is 4. The van der Waals surface area contributed by atoms with Gasteiger partial charge in [-0.05, 0) is 0 Å². The molecule has 0 saturated carbocycles. The molecule has 0 atom stereocenters. The minimum atomic E-state index is 0.303. The molecule has 0 radical (unpaired) electrons. The first-order valence-electron chi connectivity index (χ1n) is 7.67. The molecule has 3 aromatic carbocycles. The van der Waals surface area contributed by atoms with Crippen molar-refractivity contribution >= 4 is 57.4 Å². The third-order valence-electron chi connectivity index (χ3n) is 4.24. The summed E-state index contributed by atoms with van der Waals surface area (Å²) in [6, 6.07) is 17.6. The predicted molar refractivity (Wildman–Crippen MR) is 103 cm³/mol. The molecule has 1 aliphatic rings. The quantitative estimate of drug-likeness (QED) is 0.533. The van der Waals surface area contributed by atoms with Gasteiger partial charge >= 0.3 is 143 Å². The van der Waals surface area contributed by atoms with E-state index >= 15 is 0 Å². The fourth-order valence-electron chi connectivity index (χ4n) is 3.00. The second-order valence-electron chi connectivity index (χ2n) is 5.89. The summed E-state index contributed by atoms with van der Waals surface area (Å²) in [4.78, 5) is 2.16. The molecule has 1 heterocycles. The van der Waals surface area contributed by atoms with E-state index in [4.69, 9.17) is 0 Å². The van der Waals surface area contributed by atoms with Gasteiger partial charge in [0, 0.05) is 0 Å². The number of benzene rings is 3. The van der Waals surface area contributed by atoms with Crippen molar-refractivity contribution in [2.45, 2.75) is 0 Å². The molecule has 4 heteroatoms. The summed E-state index contributed by atoms with van der Waals surface area (Å²) in [7, 11) is 6.17. The van der Waals surface area contributed by atoms with Crippen LogP contribution in [-0.4, -0.2) is 36.1 Å². The SMILES string of the molecule is CNc1cc2c(c3ccccc13)Nc1ccc(N(C)C)cc1[Se]2. The zero-order chi connectivity index (χ0) is 16.0. The summed E-state index contributed by atoms with van der Waals surface area (Å²) in [6.45, 7) is 0. The summed E-state index contributed by atoms with van der Waals surface area (Å²) in [5.41, 5.74) is 4.97. The second kappa shape index (κ2) is 5.48. The molecule has 0 saturated heterocycles. The predicted octanol–water partition coefficient (Wildman–Crippen LogP) is 2.66. The zero-order valence-corrected chi connectivity index (χ0v) is 15.2. The zero-order valence-electron chi connectivity index (χ0n) is 13.5. The van der Waals surface area contributed by atoms with E-state index in [1.807, 2.05) is 7.05 Å². The molecule has 0 aliphatic carbocycles. The topological polar surface area (TPSA) is 27.3 Å². The van der Waals surface area contributed by atoms with E-state index in [1.165, 1.54) is 42.4 Å². The standard InChI is InChI=1S/C19H19N3Se/c1-20-16-11-18-19(14-7-5-4-6-13(14)16)21-15-9-8-12(22(2)3)10-17(15)23-18/h4-11,20-21H,1-3H3. The van der Waals surface area contributed by atoms with E-state index in [2.05, 4.69) is 78.2 Å². The number of hydrogen-bond donors (Lipinski definition) is 2. The van der Waals surface area contributed by atoms with Crippen LogP contribution in [0.1, 0.15) is 0 Å². The maximum absolute atomic E-state index is 3.67. The third kappa shape index (κ3) is 2.35. The fourth-order valence-corrected chi connectivity index (χ4v) is 5.27. The molecule has 0 fully saturated rings. The van der Waals surface area contributed by atoms with Crippen LogP contribution in [0.4, 0.5) is 22.7 Å². The Kier molecular flexibility index (Phi) is 3.44. The minimum absolute atomic E-state index is 0.303. The van der Waals surface area contributed by atoms with Gasteiger partial charge in [0.1, 0.15) is 0 Å². The van der Waals surface area contributed by atoms with Crippen molar-refractivity contribution in [2.24, 2.45) is 0 Å². The maximum atomic E-state index is 3.67. The molecule has 1 aliphatic heterocycles. The first-order valence-corrected chi connectivity index (χ1v) is 9.38. The van der Waals surface area contributed by atoms with Gasteiger partial charge < -0.3 is 0 Å². The molecule has 0 aromatic heterocycles. The van der Waals surface area contributed by atoms with Crippen LogP contribution in [0, 0.1) is 0 Å². The molecule has 0 amide bonds. The Morgan fingerprint density at radius 1 is 0.957 bits per heavy atom. The first kappa shape index (κ1) is 14.4. The Morgan fingerprint density at radius 2 is 1.74 bits per heavy atom. The van der Waals surface area contributed by atoms with Gasteiger partial charge in [-0.2, -0.15) is 0 Å². The summed E-state index contributed by atoms with van der Waals surface area (Å²) in [6.07, 6.45) is 0. The Hall–Kier alpha value is -2.16. The molecule has 3 nitrogen and oxygen atoms in total. The van der Waals surface area contributed by atoms with Gasteiger partial charge in [0.25, 0.3) is 0 Å². The van der Waals surface area contributed by atoms with Crippen LogP contribution in [0.5, 0.6) is 0 Å². The normalized spacial score (nSPS) is 12.3. The molecule has 0 spiro atoms. The van der Waals surface area contributed by atoms with Crippen molar-refractivity contribution < 1.29 is 0 Å². The molecular weight excluding hydrogens is 349 g/mol. The van der Waals surface area contributed by atoms with Crippen LogP contribution in [0.15, 0.2) is 48.5 Å². The molecule has 4 rings (SSSR count). The number of rotatable bonds is 2. The van der Waals surface area contributed by atoms with Gasteiger partial charge in [-0.1, -0.05) is 0 Å². The van der Waals surface area contributed by atoms with E-state index in [0.717, 1.165) is 0 Å². The van der Waals surface area contributed by atoms with E-state index in [9.17, 15) is 0 Å². The van der Waals surface area contributed by atoms with E-state index < -0.39 is 0 Å². The van der Waals surface area contributed by atoms with Crippen molar-refractivity contribution in [1.29, 1.82) is 0 Å². The molecule has 0 unspecified atom stereocenters. The molecule has 2 N–H and O–H groups in total. The van der Waals surface area contributed by atoms with E-state index in [0.29, 0.717) is 15.0 Å². The average Bonchev–Trinajstić information content (AvgIpc) is 2.58. The van der Waals surface area contributed by atoms with Crippen LogP contribution in [0.3, 0.4) is 0 Å². The van der Waals surface area contributed by atoms with Crippen LogP contribution in [-0.2, 0) is 0 Å². The molecular formula is C19H19N3Se. The monoisotopic (exact) mass is 369 g/mol. The molecule has 116 valence electrons. The third-order valence-corrected chi connectivity index (χ3v) is 6.55. The molecule has 23 heavy (non-hydrogen) atoms. The summed E-state index contributed by atoms with van der Waals surface area (Å²) in [5.74, 6) is 0. The van der Waals surface area contributed by atoms with Crippen LogP contribution in [0.25, 0.3) is 10.8 Å². The van der Waals surface area contributed by atoms with Gasteiger partial charge in [-0.3, -0.25) is 0 Å². The summed E-state index contributed by atoms with van der Waals surface area (Å²) < 4.78 is 2.82. The number of nitrogens with zero attached hydrogens (tertiary/aromatic N) is 1.